The average Bonchev–Trinajstić information content (AvgIpc) is 2.75. The Bertz CT molecular complexity index is 1020. The number of rotatable bonds is 3. The van der Waals surface area contributed by atoms with Crippen LogP contribution in [0.2, 0.25) is 0 Å². The van der Waals surface area contributed by atoms with Crippen LogP contribution in [-0.2, 0) is 0 Å². The summed E-state index contributed by atoms with van der Waals surface area (Å²) in [5.74, 6) is 0.463. The van der Waals surface area contributed by atoms with Gasteiger partial charge in [-0.05, 0) is 22.4 Å². The van der Waals surface area contributed by atoms with E-state index in [4.69, 9.17) is 4.98 Å². The van der Waals surface area contributed by atoms with Crippen molar-refractivity contribution in [2.24, 2.45) is 0 Å². The lowest BCUT2D eigenvalue weighted by Crippen LogP contribution is -1.95. The van der Waals surface area contributed by atoms with Gasteiger partial charge in [-0.1, -0.05) is 107 Å². The number of aromatic nitrogens is 1. The molecule has 0 spiro atoms. The topological polar surface area (TPSA) is 12.9 Å². The highest BCUT2D eigenvalue weighted by Gasteiger charge is 2.14. The Morgan fingerprint density at radius 1 is 0.630 bits per heavy atom. The third-order valence-corrected chi connectivity index (χ3v) is 4.72. The van der Waals surface area contributed by atoms with Gasteiger partial charge in [-0.3, -0.25) is 4.98 Å². The molecule has 1 heterocycles. The predicted molar refractivity (Wildman–Crippen MR) is 118 cm³/mol. The van der Waals surface area contributed by atoms with Crippen molar-refractivity contribution in [1.29, 1.82) is 0 Å². The molecule has 0 unspecified atom stereocenters. The summed E-state index contributed by atoms with van der Waals surface area (Å²) in [6.07, 6.45) is 2.02. The Hall–Kier alpha value is -2.93. The molecule has 4 rings (SSSR count). The zero-order valence-corrected chi connectivity index (χ0v) is 16.6. The molecule has 0 fully saturated rings. The maximum absolute atomic E-state index is 4.90. The summed E-state index contributed by atoms with van der Waals surface area (Å²) in [5, 5.41) is 2.45. The van der Waals surface area contributed by atoms with E-state index in [1.165, 1.54) is 33.0 Å². The Balaban J connectivity index is 0.00000102. The van der Waals surface area contributed by atoms with Gasteiger partial charge in [0, 0.05) is 22.7 Å². The van der Waals surface area contributed by atoms with Gasteiger partial charge in [0.05, 0.1) is 5.69 Å². The fraction of sp³-hybridized carbons (Fsp3) is 0.192. The molecule has 4 aromatic rings. The van der Waals surface area contributed by atoms with Gasteiger partial charge in [0.25, 0.3) is 0 Å². The highest BCUT2D eigenvalue weighted by molar-refractivity contribution is 6.03. The molecule has 0 aliphatic rings. The van der Waals surface area contributed by atoms with Gasteiger partial charge in [-0.2, -0.15) is 0 Å². The number of pyridine rings is 1. The molecule has 27 heavy (non-hydrogen) atoms. The molecule has 0 bridgehead atoms. The van der Waals surface area contributed by atoms with Crippen LogP contribution in [0, 0.1) is 0 Å². The molecular weight excluding hydrogens is 326 g/mol. The first-order valence-corrected chi connectivity index (χ1v) is 9.78. The van der Waals surface area contributed by atoms with Gasteiger partial charge >= 0.3 is 0 Å². The zero-order chi connectivity index (χ0) is 19.2. The third kappa shape index (κ3) is 3.78. The smallest absolute Gasteiger partial charge is 0.0783 e. The minimum atomic E-state index is 0.463. The van der Waals surface area contributed by atoms with Crippen molar-refractivity contribution < 1.29 is 0 Å². The first-order chi connectivity index (χ1) is 13.3. The third-order valence-electron chi connectivity index (χ3n) is 4.72. The van der Waals surface area contributed by atoms with Crippen LogP contribution in [0.4, 0.5) is 0 Å². The molecule has 1 nitrogen and oxygen atoms in total. The molecule has 0 amide bonds. The molecule has 0 saturated heterocycles. The lowest BCUT2D eigenvalue weighted by atomic mass is 9.91. The van der Waals surface area contributed by atoms with Crippen LogP contribution in [0.3, 0.4) is 0 Å². The average molecular weight is 354 g/mol. The molecule has 1 aromatic heterocycles. The molecule has 0 N–H and O–H groups in total. The molecule has 3 aromatic carbocycles. The number of nitrogens with zero attached hydrogens (tertiary/aromatic N) is 1. The molecule has 0 aliphatic heterocycles. The Morgan fingerprint density at radius 2 is 1.22 bits per heavy atom. The highest BCUT2D eigenvalue weighted by atomic mass is 14.7. The molecule has 0 radical (unpaired) electrons. The lowest BCUT2D eigenvalue weighted by molar-refractivity contribution is 0.868. The van der Waals surface area contributed by atoms with Crippen LogP contribution in [0.25, 0.3) is 33.2 Å². The lowest BCUT2D eigenvalue weighted by Gasteiger charge is -2.15. The van der Waals surface area contributed by atoms with E-state index in [1.54, 1.807) is 0 Å². The monoisotopic (exact) mass is 353 g/mol. The Morgan fingerprint density at radius 3 is 1.93 bits per heavy atom. The number of benzene rings is 3. The predicted octanol–water partition coefficient (Wildman–Crippen LogP) is 7.72. The van der Waals surface area contributed by atoms with Gasteiger partial charge in [0.1, 0.15) is 0 Å². The van der Waals surface area contributed by atoms with Crippen LogP contribution in [-0.4, -0.2) is 4.98 Å². The summed E-state index contributed by atoms with van der Waals surface area (Å²) in [4.78, 5) is 4.90. The minimum absolute atomic E-state index is 0.463. The van der Waals surface area contributed by atoms with E-state index in [0.29, 0.717) is 5.92 Å². The van der Waals surface area contributed by atoms with Gasteiger partial charge < -0.3 is 0 Å². The van der Waals surface area contributed by atoms with Gasteiger partial charge in [-0.15, -0.1) is 0 Å². The van der Waals surface area contributed by atoms with Crippen molar-refractivity contribution in [3.8, 4) is 22.4 Å². The summed E-state index contributed by atoms with van der Waals surface area (Å²) in [6.45, 7) is 8.47. The van der Waals surface area contributed by atoms with Crippen LogP contribution >= 0.6 is 0 Å². The van der Waals surface area contributed by atoms with Crippen molar-refractivity contribution in [2.45, 2.75) is 33.6 Å². The fourth-order valence-corrected chi connectivity index (χ4v) is 3.47. The van der Waals surface area contributed by atoms with E-state index in [-0.39, 0.29) is 0 Å². The van der Waals surface area contributed by atoms with E-state index in [1.807, 2.05) is 26.1 Å². The van der Waals surface area contributed by atoms with E-state index in [9.17, 15) is 0 Å². The molecule has 0 atom stereocenters. The van der Waals surface area contributed by atoms with Crippen molar-refractivity contribution in [3.63, 3.8) is 0 Å². The number of hydrogen-bond acceptors (Lipinski definition) is 1. The first kappa shape index (κ1) is 18.8. The normalized spacial score (nSPS) is 10.6. The summed E-state index contributed by atoms with van der Waals surface area (Å²) in [5.41, 5.74) is 6.03. The molecule has 0 saturated carbocycles. The number of fused-ring (bicyclic) bond motifs is 1. The van der Waals surface area contributed by atoms with Crippen LogP contribution < -0.4 is 0 Å². The van der Waals surface area contributed by atoms with E-state index in [0.717, 1.165) is 5.69 Å². The maximum atomic E-state index is 4.90. The zero-order valence-electron chi connectivity index (χ0n) is 16.6. The molecular formula is C26H27N. The van der Waals surface area contributed by atoms with Crippen LogP contribution in [0.5, 0.6) is 0 Å². The Labute approximate surface area is 162 Å². The van der Waals surface area contributed by atoms with Gasteiger partial charge in [0.15, 0.2) is 0 Å². The quantitative estimate of drug-likeness (QED) is 0.367. The van der Waals surface area contributed by atoms with Gasteiger partial charge in [-0.25, -0.2) is 0 Å². The molecule has 0 aliphatic carbocycles. The second kappa shape index (κ2) is 8.64. The second-order valence-electron chi connectivity index (χ2n) is 6.67. The van der Waals surface area contributed by atoms with E-state index in [2.05, 4.69) is 86.6 Å². The SMILES string of the molecule is CC.CC(C)c1ccccc1-c1ncc(-c2ccccc2)c2ccccc12. The van der Waals surface area contributed by atoms with Crippen LogP contribution in [0.1, 0.15) is 39.2 Å². The maximum Gasteiger partial charge on any atom is 0.0783 e. The van der Waals surface area contributed by atoms with Gasteiger partial charge in [0.2, 0.25) is 0 Å². The van der Waals surface area contributed by atoms with Crippen LogP contribution in [0.15, 0.2) is 85.1 Å². The molecule has 1 heteroatoms. The summed E-state index contributed by atoms with van der Waals surface area (Å²) < 4.78 is 0. The van der Waals surface area contributed by atoms with Crippen molar-refractivity contribution in [1.82, 2.24) is 4.98 Å². The summed E-state index contributed by atoms with van der Waals surface area (Å²) in [7, 11) is 0. The van der Waals surface area contributed by atoms with Crippen molar-refractivity contribution in [2.75, 3.05) is 0 Å². The van der Waals surface area contributed by atoms with Crippen molar-refractivity contribution in [3.05, 3.63) is 90.6 Å². The molecule has 136 valence electrons. The fourth-order valence-electron chi connectivity index (χ4n) is 3.47. The van der Waals surface area contributed by atoms with E-state index >= 15 is 0 Å². The first-order valence-electron chi connectivity index (χ1n) is 9.78. The second-order valence-corrected chi connectivity index (χ2v) is 6.67. The largest absolute Gasteiger partial charge is 0.255 e. The van der Waals surface area contributed by atoms with Crippen molar-refractivity contribution >= 4 is 10.8 Å². The summed E-state index contributed by atoms with van der Waals surface area (Å²) in [6, 6.07) is 27.7. The summed E-state index contributed by atoms with van der Waals surface area (Å²) >= 11 is 0. The minimum Gasteiger partial charge on any atom is -0.255 e. The number of hydrogen-bond donors (Lipinski definition) is 0. The highest BCUT2D eigenvalue weighted by Crippen LogP contribution is 2.36. The van der Waals surface area contributed by atoms with E-state index < -0.39 is 0 Å². The Kier molecular flexibility index (Phi) is 6.03. The standard InChI is InChI=1S/C24H21N.C2H6/c1-17(2)19-12-6-8-14-21(19)24-22-15-9-7-13-20(22)23(16-25-24)18-10-4-3-5-11-18;1-2/h3-17H,1-2H3;1-2H3.